The molecular formula is C25H35N3O3. The fourth-order valence-corrected chi connectivity index (χ4v) is 4.36. The highest BCUT2D eigenvalue weighted by Crippen LogP contribution is 2.25. The van der Waals surface area contributed by atoms with Crippen LogP contribution in [-0.4, -0.2) is 53.7 Å². The number of hydrogen-bond donors (Lipinski definition) is 1. The van der Waals surface area contributed by atoms with Gasteiger partial charge >= 0.3 is 0 Å². The van der Waals surface area contributed by atoms with Gasteiger partial charge in [0.05, 0.1) is 0 Å². The average molecular weight is 426 g/mol. The maximum absolute atomic E-state index is 12.8. The number of carbonyl (C=O) groups is 3. The summed E-state index contributed by atoms with van der Waals surface area (Å²) in [5.41, 5.74) is 7.75. The van der Waals surface area contributed by atoms with Crippen molar-refractivity contribution >= 4 is 23.8 Å². The van der Waals surface area contributed by atoms with E-state index in [1.165, 1.54) is 5.56 Å². The Morgan fingerprint density at radius 3 is 1.90 bits per heavy atom. The van der Waals surface area contributed by atoms with Gasteiger partial charge in [0.1, 0.15) is 0 Å². The molecule has 2 saturated heterocycles. The zero-order valence-corrected chi connectivity index (χ0v) is 19.0. The number of likely N-dealkylation sites (tertiary alicyclic amines) is 2. The standard InChI is InChI=1S/C25H35N3O3/c1-25(2,3)21-7-4-18(5-8-21)6-9-22(29)27-14-12-20(13-15-27)24(31)28-16-10-19(11-17-28)23(26)30/h4-9,19-20H,10-17H2,1-3H3,(H2,26,30)/b9-6+. The smallest absolute Gasteiger partial charge is 0.246 e. The summed E-state index contributed by atoms with van der Waals surface area (Å²) in [5.74, 6) is -0.266. The Bertz CT molecular complexity index is 823. The number of primary amides is 1. The Labute approximate surface area is 185 Å². The quantitative estimate of drug-likeness (QED) is 0.753. The summed E-state index contributed by atoms with van der Waals surface area (Å²) in [7, 11) is 0. The summed E-state index contributed by atoms with van der Waals surface area (Å²) >= 11 is 0. The van der Waals surface area contributed by atoms with E-state index in [9.17, 15) is 14.4 Å². The van der Waals surface area contributed by atoms with Gasteiger partial charge in [-0.3, -0.25) is 14.4 Å². The second kappa shape index (κ2) is 9.67. The lowest BCUT2D eigenvalue weighted by molar-refractivity contribution is -0.141. The van der Waals surface area contributed by atoms with Crippen LogP contribution in [0.15, 0.2) is 30.3 Å². The van der Waals surface area contributed by atoms with Crippen molar-refractivity contribution in [3.8, 4) is 0 Å². The van der Waals surface area contributed by atoms with Crippen LogP contribution in [-0.2, 0) is 19.8 Å². The molecule has 1 aromatic rings. The van der Waals surface area contributed by atoms with Gasteiger partial charge in [-0.1, -0.05) is 45.0 Å². The zero-order chi connectivity index (χ0) is 22.6. The van der Waals surface area contributed by atoms with Gasteiger partial charge in [-0.15, -0.1) is 0 Å². The maximum Gasteiger partial charge on any atom is 0.246 e. The second-order valence-corrected chi connectivity index (χ2v) is 9.81. The number of piperidine rings is 2. The minimum absolute atomic E-state index is 0.00642. The molecule has 2 aliphatic rings. The van der Waals surface area contributed by atoms with Crippen LogP contribution in [0.5, 0.6) is 0 Å². The number of amides is 3. The lowest BCUT2D eigenvalue weighted by Gasteiger charge is -2.36. The molecule has 6 nitrogen and oxygen atoms in total. The Morgan fingerprint density at radius 2 is 1.39 bits per heavy atom. The van der Waals surface area contributed by atoms with Gasteiger partial charge < -0.3 is 15.5 Å². The van der Waals surface area contributed by atoms with E-state index in [4.69, 9.17) is 5.73 Å². The normalized spacial score (nSPS) is 19.1. The van der Waals surface area contributed by atoms with E-state index < -0.39 is 0 Å². The van der Waals surface area contributed by atoms with E-state index in [-0.39, 0.29) is 35.0 Å². The highest BCUT2D eigenvalue weighted by Gasteiger charge is 2.32. The SMILES string of the molecule is CC(C)(C)c1ccc(/C=C/C(=O)N2CCC(C(=O)N3CCC(C(N)=O)CC3)CC2)cc1. The van der Waals surface area contributed by atoms with Crippen molar-refractivity contribution in [1.29, 1.82) is 0 Å². The van der Waals surface area contributed by atoms with E-state index in [0.29, 0.717) is 51.9 Å². The molecule has 0 aromatic heterocycles. The Kier molecular flexibility index (Phi) is 7.19. The van der Waals surface area contributed by atoms with Gasteiger partial charge in [0.15, 0.2) is 0 Å². The van der Waals surface area contributed by atoms with Crippen molar-refractivity contribution in [2.24, 2.45) is 17.6 Å². The van der Waals surface area contributed by atoms with Crippen LogP contribution in [0, 0.1) is 11.8 Å². The molecule has 3 rings (SSSR count). The van der Waals surface area contributed by atoms with Gasteiger partial charge in [-0.25, -0.2) is 0 Å². The molecule has 0 bridgehead atoms. The van der Waals surface area contributed by atoms with Crippen LogP contribution in [0.25, 0.3) is 6.08 Å². The molecule has 0 aliphatic carbocycles. The summed E-state index contributed by atoms with van der Waals surface area (Å²) in [6.45, 7) is 8.93. The molecule has 3 amide bonds. The largest absolute Gasteiger partial charge is 0.369 e. The van der Waals surface area contributed by atoms with Crippen molar-refractivity contribution in [3.63, 3.8) is 0 Å². The van der Waals surface area contributed by atoms with Gasteiger partial charge in [-0.2, -0.15) is 0 Å². The molecular weight excluding hydrogens is 390 g/mol. The van der Waals surface area contributed by atoms with Crippen molar-refractivity contribution in [2.45, 2.75) is 51.9 Å². The molecule has 1 aromatic carbocycles. The molecule has 0 unspecified atom stereocenters. The summed E-state index contributed by atoms with van der Waals surface area (Å²) in [5, 5.41) is 0. The number of nitrogens with two attached hydrogens (primary N) is 1. The zero-order valence-electron chi connectivity index (χ0n) is 19.0. The second-order valence-electron chi connectivity index (χ2n) is 9.81. The van der Waals surface area contributed by atoms with Crippen LogP contribution >= 0.6 is 0 Å². The van der Waals surface area contributed by atoms with E-state index in [1.54, 1.807) is 6.08 Å². The maximum atomic E-state index is 12.8. The van der Waals surface area contributed by atoms with Crippen LogP contribution in [0.3, 0.4) is 0 Å². The Balaban J connectivity index is 1.47. The number of carbonyl (C=O) groups excluding carboxylic acids is 3. The summed E-state index contributed by atoms with van der Waals surface area (Å²) in [4.78, 5) is 40.4. The fourth-order valence-electron chi connectivity index (χ4n) is 4.36. The number of benzene rings is 1. The first kappa shape index (κ1) is 23.0. The predicted octanol–water partition coefficient (Wildman–Crippen LogP) is 2.96. The monoisotopic (exact) mass is 425 g/mol. The number of rotatable bonds is 4. The van der Waals surface area contributed by atoms with Crippen molar-refractivity contribution in [1.82, 2.24) is 9.80 Å². The third-order valence-corrected chi connectivity index (χ3v) is 6.56. The van der Waals surface area contributed by atoms with Crippen molar-refractivity contribution in [3.05, 3.63) is 41.5 Å². The van der Waals surface area contributed by atoms with Gasteiger partial charge in [0.25, 0.3) is 0 Å². The number of nitrogens with zero attached hydrogens (tertiary/aromatic N) is 2. The van der Waals surface area contributed by atoms with Crippen LogP contribution in [0.1, 0.15) is 57.6 Å². The van der Waals surface area contributed by atoms with Crippen molar-refractivity contribution in [2.75, 3.05) is 26.2 Å². The summed E-state index contributed by atoms with van der Waals surface area (Å²) in [6, 6.07) is 8.29. The first-order chi connectivity index (χ1) is 14.6. The van der Waals surface area contributed by atoms with E-state index in [2.05, 4.69) is 32.9 Å². The van der Waals surface area contributed by atoms with Crippen LogP contribution in [0.2, 0.25) is 0 Å². The van der Waals surface area contributed by atoms with Gasteiger partial charge in [0, 0.05) is 44.1 Å². The molecule has 0 radical (unpaired) electrons. The molecule has 2 aliphatic heterocycles. The fraction of sp³-hybridized carbons (Fsp3) is 0.560. The Hall–Kier alpha value is -2.63. The predicted molar refractivity (Wildman–Crippen MR) is 122 cm³/mol. The molecule has 2 heterocycles. The van der Waals surface area contributed by atoms with Crippen LogP contribution < -0.4 is 5.73 Å². The molecule has 31 heavy (non-hydrogen) atoms. The highest BCUT2D eigenvalue weighted by molar-refractivity contribution is 5.92. The third-order valence-electron chi connectivity index (χ3n) is 6.56. The molecule has 6 heteroatoms. The van der Waals surface area contributed by atoms with E-state index in [1.807, 2.05) is 28.0 Å². The van der Waals surface area contributed by atoms with Gasteiger partial charge in [0.2, 0.25) is 17.7 Å². The van der Waals surface area contributed by atoms with Gasteiger partial charge in [-0.05, 0) is 48.3 Å². The molecule has 0 atom stereocenters. The van der Waals surface area contributed by atoms with Crippen molar-refractivity contribution < 1.29 is 14.4 Å². The van der Waals surface area contributed by atoms with E-state index in [0.717, 1.165) is 5.56 Å². The summed E-state index contributed by atoms with van der Waals surface area (Å²) in [6.07, 6.45) is 6.17. The first-order valence-electron chi connectivity index (χ1n) is 11.3. The minimum Gasteiger partial charge on any atom is -0.369 e. The molecule has 0 saturated carbocycles. The molecule has 168 valence electrons. The topological polar surface area (TPSA) is 83.7 Å². The molecule has 0 spiro atoms. The summed E-state index contributed by atoms with van der Waals surface area (Å²) < 4.78 is 0. The lowest BCUT2D eigenvalue weighted by Crippen LogP contribution is -2.47. The molecule has 2 N–H and O–H groups in total. The highest BCUT2D eigenvalue weighted by atomic mass is 16.2. The van der Waals surface area contributed by atoms with E-state index >= 15 is 0 Å². The van der Waals surface area contributed by atoms with Crippen LogP contribution in [0.4, 0.5) is 0 Å². The Morgan fingerprint density at radius 1 is 0.871 bits per heavy atom. The minimum atomic E-state index is -0.267. The number of hydrogen-bond acceptors (Lipinski definition) is 3. The molecule has 2 fully saturated rings. The lowest BCUT2D eigenvalue weighted by atomic mass is 9.87. The first-order valence-corrected chi connectivity index (χ1v) is 11.3. The third kappa shape index (κ3) is 5.96. The average Bonchev–Trinajstić information content (AvgIpc) is 2.77.